The highest BCUT2D eigenvalue weighted by Crippen LogP contribution is 2.20. The molecule has 1 aromatic rings. The molecule has 1 aliphatic heterocycles. The molecule has 1 aromatic carbocycles. The summed E-state index contributed by atoms with van der Waals surface area (Å²) in [5, 5.41) is 2.67. The molecule has 0 unspecified atom stereocenters. The average molecular weight is 352 g/mol. The topological polar surface area (TPSA) is 83.6 Å². The molecule has 2 amide bonds. The molecule has 1 atom stereocenters. The summed E-state index contributed by atoms with van der Waals surface area (Å²) in [7, 11) is -3.11. The first-order chi connectivity index (χ1) is 11.4. The summed E-state index contributed by atoms with van der Waals surface area (Å²) in [4.78, 5) is 26.7. The fourth-order valence-electron chi connectivity index (χ4n) is 2.79. The first-order valence-corrected chi connectivity index (χ1v) is 10.1. The fourth-order valence-corrected chi connectivity index (χ4v) is 3.49. The summed E-state index contributed by atoms with van der Waals surface area (Å²) in [5.74, 6) is -0.443. The Balaban J connectivity index is 2.01. The second-order valence-corrected chi connectivity index (χ2v) is 8.38. The molecule has 0 aliphatic carbocycles. The van der Waals surface area contributed by atoms with E-state index in [0.717, 1.165) is 12.8 Å². The van der Waals surface area contributed by atoms with E-state index in [1.165, 1.54) is 0 Å². The number of rotatable bonds is 6. The lowest BCUT2D eigenvalue weighted by molar-refractivity contribution is -0.126. The summed E-state index contributed by atoms with van der Waals surface area (Å²) in [6.07, 6.45) is 2.35. The lowest BCUT2D eigenvalue weighted by Crippen LogP contribution is -2.52. The van der Waals surface area contributed by atoms with Gasteiger partial charge in [-0.25, -0.2) is 8.42 Å². The summed E-state index contributed by atoms with van der Waals surface area (Å²) in [6, 6.07) is 8.37. The number of carbonyl (C=O) groups is 2. The molecule has 1 fully saturated rings. The Labute approximate surface area is 143 Å². The maximum absolute atomic E-state index is 12.6. The van der Waals surface area contributed by atoms with Gasteiger partial charge in [0.15, 0.2) is 9.84 Å². The molecule has 132 valence electrons. The van der Waals surface area contributed by atoms with E-state index in [-0.39, 0.29) is 29.9 Å². The van der Waals surface area contributed by atoms with Crippen molar-refractivity contribution in [2.24, 2.45) is 0 Å². The Morgan fingerprint density at radius 3 is 2.58 bits per heavy atom. The standard InChI is InChI=1S/C17H24N2O4S/c1-2-24(22,23)13-11-18-16(20)15-10-6-7-12-19(15)17(21)14-8-4-3-5-9-14/h3-5,8-9,15H,2,6-7,10-13H2,1H3,(H,18,20)/t15-/m0/s1. The zero-order valence-electron chi connectivity index (χ0n) is 13.9. The highest BCUT2D eigenvalue weighted by molar-refractivity contribution is 7.91. The number of carbonyl (C=O) groups excluding carboxylic acids is 2. The lowest BCUT2D eigenvalue weighted by Gasteiger charge is -2.34. The van der Waals surface area contributed by atoms with E-state index in [1.54, 1.807) is 36.1 Å². The van der Waals surface area contributed by atoms with Crippen molar-refractivity contribution >= 4 is 21.7 Å². The number of likely N-dealkylation sites (tertiary alicyclic amines) is 1. The molecule has 0 saturated carbocycles. The molecule has 0 radical (unpaired) electrons. The third-order valence-corrected chi connectivity index (χ3v) is 5.94. The fraction of sp³-hybridized carbons (Fsp3) is 0.529. The Morgan fingerprint density at radius 2 is 1.92 bits per heavy atom. The van der Waals surface area contributed by atoms with Gasteiger partial charge in [-0.2, -0.15) is 0 Å². The van der Waals surface area contributed by atoms with Gasteiger partial charge in [-0.3, -0.25) is 9.59 Å². The number of nitrogens with zero attached hydrogens (tertiary/aromatic N) is 1. The van der Waals surface area contributed by atoms with Crippen LogP contribution in [0, 0.1) is 0 Å². The second kappa shape index (κ2) is 8.28. The maximum Gasteiger partial charge on any atom is 0.254 e. The van der Waals surface area contributed by atoms with Crippen molar-refractivity contribution < 1.29 is 18.0 Å². The van der Waals surface area contributed by atoms with Crippen LogP contribution in [-0.4, -0.2) is 55.8 Å². The SMILES string of the molecule is CCS(=O)(=O)CCNC(=O)[C@@H]1CCCCN1C(=O)c1ccccc1. The Kier molecular flexibility index (Phi) is 6.36. The Bertz CT molecular complexity index is 673. The monoisotopic (exact) mass is 352 g/mol. The number of hydrogen-bond donors (Lipinski definition) is 1. The molecule has 1 aliphatic rings. The van der Waals surface area contributed by atoms with Crippen molar-refractivity contribution in [1.29, 1.82) is 0 Å². The van der Waals surface area contributed by atoms with Crippen molar-refractivity contribution in [2.75, 3.05) is 24.6 Å². The summed E-state index contributed by atoms with van der Waals surface area (Å²) < 4.78 is 23.0. The van der Waals surface area contributed by atoms with E-state index in [1.807, 2.05) is 6.07 Å². The second-order valence-electron chi connectivity index (χ2n) is 5.90. The third-order valence-electron chi connectivity index (χ3n) is 4.24. The molecule has 0 spiro atoms. The molecule has 6 nitrogen and oxygen atoms in total. The highest BCUT2D eigenvalue weighted by atomic mass is 32.2. The first kappa shape index (κ1) is 18.4. The molecule has 0 aromatic heterocycles. The minimum Gasteiger partial charge on any atom is -0.353 e. The van der Waals surface area contributed by atoms with Crippen LogP contribution >= 0.6 is 0 Å². The van der Waals surface area contributed by atoms with Crippen molar-refractivity contribution in [2.45, 2.75) is 32.2 Å². The van der Waals surface area contributed by atoms with E-state index < -0.39 is 15.9 Å². The van der Waals surface area contributed by atoms with Crippen LogP contribution in [0.2, 0.25) is 0 Å². The van der Waals surface area contributed by atoms with E-state index in [4.69, 9.17) is 0 Å². The van der Waals surface area contributed by atoms with Crippen molar-refractivity contribution in [1.82, 2.24) is 10.2 Å². The number of benzene rings is 1. The van der Waals surface area contributed by atoms with Crippen LogP contribution in [0.5, 0.6) is 0 Å². The summed E-state index contributed by atoms with van der Waals surface area (Å²) >= 11 is 0. The predicted molar refractivity (Wildman–Crippen MR) is 92.5 cm³/mol. The van der Waals surface area contributed by atoms with Gasteiger partial charge >= 0.3 is 0 Å². The van der Waals surface area contributed by atoms with Crippen LogP contribution in [-0.2, 0) is 14.6 Å². The smallest absolute Gasteiger partial charge is 0.254 e. The number of piperidine rings is 1. The van der Waals surface area contributed by atoms with Crippen LogP contribution in [0.4, 0.5) is 0 Å². The van der Waals surface area contributed by atoms with Gasteiger partial charge in [-0.15, -0.1) is 0 Å². The largest absolute Gasteiger partial charge is 0.353 e. The van der Waals surface area contributed by atoms with E-state index in [9.17, 15) is 18.0 Å². The third kappa shape index (κ3) is 4.80. The molecular weight excluding hydrogens is 328 g/mol. The van der Waals surface area contributed by atoms with Crippen molar-refractivity contribution in [3.8, 4) is 0 Å². The van der Waals surface area contributed by atoms with E-state index in [2.05, 4.69) is 5.32 Å². The maximum atomic E-state index is 12.6. The summed E-state index contributed by atoms with van der Waals surface area (Å²) in [6.45, 7) is 2.20. The highest BCUT2D eigenvalue weighted by Gasteiger charge is 2.32. The number of nitrogens with one attached hydrogen (secondary N) is 1. The molecule has 1 N–H and O–H groups in total. The minimum absolute atomic E-state index is 0.0604. The van der Waals surface area contributed by atoms with Gasteiger partial charge in [0.25, 0.3) is 5.91 Å². The van der Waals surface area contributed by atoms with Crippen molar-refractivity contribution in [3.05, 3.63) is 35.9 Å². The lowest BCUT2D eigenvalue weighted by atomic mass is 10.00. The van der Waals surface area contributed by atoms with Gasteiger partial charge in [0, 0.05) is 24.4 Å². The molecule has 7 heteroatoms. The zero-order chi connectivity index (χ0) is 17.6. The van der Waals surface area contributed by atoms with Gasteiger partial charge in [-0.1, -0.05) is 25.1 Å². The number of sulfone groups is 1. The van der Waals surface area contributed by atoms with Crippen LogP contribution in [0.15, 0.2) is 30.3 Å². The van der Waals surface area contributed by atoms with Crippen LogP contribution in [0.1, 0.15) is 36.5 Å². The summed E-state index contributed by atoms with van der Waals surface area (Å²) in [5.41, 5.74) is 0.561. The minimum atomic E-state index is -3.11. The van der Waals surface area contributed by atoms with Crippen molar-refractivity contribution in [3.63, 3.8) is 0 Å². The van der Waals surface area contributed by atoms with Crippen LogP contribution < -0.4 is 5.32 Å². The van der Waals surface area contributed by atoms with Crippen LogP contribution in [0.3, 0.4) is 0 Å². The molecule has 1 saturated heterocycles. The number of amides is 2. The predicted octanol–water partition coefficient (Wildman–Crippen LogP) is 1.23. The molecule has 2 rings (SSSR count). The van der Waals surface area contributed by atoms with Gasteiger partial charge in [0.2, 0.25) is 5.91 Å². The van der Waals surface area contributed by atoms with Gasteiger partial charge in [0.1, 0.15) is 6.04 Å². The van der Waals surface area contributed by atoms with Crippen LogP contribution in [0.25, 0.3) is 0 Å². The van der Waals surface area contributed by atoms with E-state index >= 15 is 0 Å². The molecule has 0 bridgehead atoms. The number of hydrogen-bond acceptors (Lipinski definition) is 4. The van der Waals surface area contributed by atoms with Gasteiger partial charge in [-0.05, 0) is 31.4 Å². The Morgan fingerprint density at radius 1 is 1.21 bits per heavy atom. The first-order valence-electron chi connectivity index (χ1n) is 8.29. The van der Waals surface area contributed by atoms with Gasteiger partial charge < -0.3 is 10.2 Å². The quantitative estimate of drug-likeness (QED) is 0.835. The van der Waals surface area contributed by atoms with Gasteiger partial charge in [0.05, 0.1) is 5.75 Å². The van der Waals surface area contributed by atoms with E-state index in [0.29, 0.717) is 18.5 Å². The molecular formula is C17H24N2O4S. The normalized spacial score (nSPS) is 18.2. The molecule has 24 heavy (non-hydrogen) atoms. The molecule has 1 heterocycles. The average Bonchev–Trinajstić information content (AvgIpc) is 2.61. The zero-order valence-corrected chi connectivity index (χ0v) is 14.7. The Hall–Kier alpha value is -1.89.